The average Bonchev–Trinajstić information content (AvgIpc) is 2.47. The molecule has 0 aliphatic rings. The van der Waals surface area contributed by atoms with Crippen LogP contribution in [0.5, 0.6) is 11.5 Å². The van der Waals surface area contributed by atoms with Gasteiger partial charge in [0.05, 0.1) is 7.11 Å². The van der Waals surface area contributed by atoms with E-state index in [-0.39, 0.29) is 12.4 Å². The van der Waals surface area contributed by atoms with E-state index in [4.69, 9.17) is 10.5 Å². The molecule has 0 saturated heterocycles. The predicted octanol–water partition coefficient (Wildman–Crippen LogP) is 3.07. The number of benzene rings is 2. The molecule has 2 N–H and O–H groups in total. The van der Waals surface area contributed by atoms with Gasteiger partial charge in [0.1, 0.15) is 17.5 Å². The highest BCUT2D eigenvalue weighted by molar-refractivity contribution is 5.85. The van der Waals surface area contributed by atoms with Crippen LogP contribution in [0.3, 0.4) is 0 Å². The first kappa shape index (κ1) is 16.0. The van der Waals surface area contributed by atoms with Crippen molar-refractivity contribution in [2.75, 3.05) is 7.11 Å². The maximum absolute atomic E-state index is 11.3. The van der Waals surface area contributed by atoms with Crippen LogP contribution >= 0.6 is 12.4 Å². The third-order valence-corrected chi connectivity index (χ3v) is 2.67. The van der Waals surface area contributed by atoms with Crippen LogP contribution in [-0.2, 0) is 9.53 Å². The van der Waals surface area contributed by atoms with Crippen molar-refractivity contribution < 1.29 is 14.3 Å². The van der Waals surface area contributed by atoms with Gasteiger partial charge in [-0.3, -0.25) is 4.79 Å². The van der Waals surface area contributed by atoms with E-state index < -0.39 is 12.0 Å². The number of esters is 1. The standard InChI is InChI=1S/C15H15NO3.ClH/c1-18-15(17)14(16)11-7-9-13(10-8-11)19-12-5-3-2-4-6-12;/h2-10,14H,16H2,1H3;1H/t14-;/m0./s1. The highest BCUT2D eigenvalue weighted by atomic mass is 35.5. The van der Waals surface area contributed by atoms with Crippen molar-refractivity contribution in [3.8, 4) is 11.5 Å². The first-order valence-corrected chi connectivity index (χ1v) is 5.87. The number of halogens is 1. The summed E-state index contributed by atoms with van der Waals surface area (Å²) in [5.74, 6) is 0.983. The maximum Gasteiger partial charge on any atom is 0.327 e. The topological polar surface area (TPSA) is 61.5 Å². The predicted molar refractivity (Wildman–Crippen MR) is 79.2 cm³/mol. The van der Waals surface area contributed by atoms with Gasteiger partial charge in [-0.05, 0) is 29.8 Å². The van der Waals surface area contributed by atoms with Gasteiger partial charge in [-0.25, -0.2) is 0 Å². The number of hydrogen-bond acceptors (Lipinski definition) is 4. The Morgan fingerprint density at radius 2 is 1.55 bits per heavy atom. The summed E-state index contributed by atoms with van der Waals surface area (Å²) in [7, 11) is 1.31. The molecular weight excluding hydrogens is 278 g/mol. The van der Waals surface area contributed by atoms with Gasteiger partial charge in [0.25, 0.3) is 0 Å². The van der Waals surface area contributed by atoms with Crippen molar-refractivity contribution in [1.82, 2.24) is 0 Å². The largest absolute Gasteiger partial charge is 0.468 e. The van der Waals surface area contributed by atoms with Crippen LogP contribution in [0.25, 0.3) is 0 Å². The molecule has 4 nitrogen and oxygen atoms in total. The SMILES string of the molecule is COC(=O)[C@@H](N)c1ccc(Oc2ccccc2)cc1.Cl. The van der Waals surface area contributed by atoms with E-state index in [1.54, 1.807) is 24.3 Å². The minimum absolute atomic E-state index is 0. The summed E-state index contributed by atoms with van der Waals surface area (Å²) in [6, 6.07) is 15.7. The molecule has 0 spiro atoms. The lowest BCUT2D eigenvalue weighted by Crippen LogP contribution is -2.22. The number of methoxy groups -OCH3 is 1. The van der Waals surface area contributed by atoms with Crippen LogP contribution in [0.15, 0.2) is 54.6 Å². The number of para-hydroxylation sites is 1. The summed E-state index contributed by atoms with van der Waals surface area (Å²) in [4.78, 5) is 11.3. The van der Waals surface area contributed by atoms with Gasteiger partial charge in [0.2, 0.25) is 0 Å². The molecule has 2 aromatic carbocycles. The maximum atomic E-state index is 11.3. The number of carbonyl (C=O) groups is 1. The van der Waals surface area contributed by atoms with Gasteiger partial charge in [-0.1, -0.05) is 30.3 Å². The molecule has 106 valence electrons. The Bertz CT molecular complexity index is 543. The minimum Gasteiger partial charge on any atom is -0.468 e. The van der Waals surface area contributed by atoms with Gasteiger partial charge in [-0.15, -0.1) is 12.4 Å². The summed E-state index contributed by atoms with van der Waals surface area (Å²) in [5, 5.41) is 0. The molecule has 0 bridgehead atoms. The zero-order valence-corrected chi connectivity index (χ0v) is 11.8. The number of rotatable bonds is 4. The zero-order valence-electron chi connectivity index (χ0n) is 11.0. The van der Waals surface area contributed by atoms with Crippen LogP contribution in [0.1, 0.15) is 11.6 Å². The normalized spacial score (nSPS) is 11.1. The van der Waals surface area contributed by atoms with Crippen molar-refractivity contribution in [1.29, 1.82) is 0 Å². The minimum atomic E-state index is -0.768. The molecule has 0 heterocycles. The molecule has 0 saturated carbocycles. The molecule has 5 heteroatoms. The Labute approximate surface area is 123 Å². The van der Waals surface area contributed by atoms with Crippen LogP contribution < -0.4 is 10.5 Å². The Morgan fingerprint density at radius 3 is 2.10 bits per heavy atom. The number of ether oxygens (including phenoxy) is 2. The second-order valence-electron chi connectivity index (χ2n) is 3.98. The second kappa shape index (κ2) is 7.53. The summed E-state index contributed by atoms with van der Waals surface area (Å²) in [6.45, 7) is 0. The van der Waals surface area contributed by atoms with E-state index in [1.807, 2.05) is 30.3 Å². The monoisotopic (exact) mass is 293 g/mol. The molecule has 0 aliphatic heterocycles. The highest BCUT2D eigenvalue weighted by Crippen LogP contribution is 2.22. The molecule has 0 fully saturated rings. The Kier molecular flexibility index (Phi) is 6.03. The van der Waals surface area contributed by atoms with Gasteiger partial charge in [-0.2, -0.15) is 0 Å². The van der Waals surface area contributed by atoms with E-state index in [0.29, 0.717) is 11.3 Å². The lowest BCUT2D eigenvalue weighted by atomic mass is 10.1. The number of nitrogens with two attached hydrogens (primary N) is 1. The fraction of sp³-hybridized carbons (Fsp3) is 0.133. The molecule has 0 aliphatic carbocycles. The van der Waals surface area contributed by atoms with E-state index in [2.05, 4.69) is 4.74 Å². The molecule has 2 rings (SSSR count). The fourth-order valence-electron chi connectivity index (χ4n) is 1.63. The molecule has 0 aromatic heterocycles. The smallest absolute Gasteiger partial charge is 0.327 e. The number of hydrogen-bond donors (Lipinski definition) is 1. The van der Waals surface area contributed by atoms with E-state index in [1.165, 1.54) is 7.11 Å². The third-order valence-electron chi connectivity index (χ3n) is 2.67. The van der Waals surface area contributed by atoms with Gasteiger partial charge < -0.3 is 15.2 Å². The van der Waals surface area contributed by atoms with Crippen molar-refractivity contribution in [3.63, 3.8) is 0 Å². The summed E-state index contributed by atoms with van der Waals surface area (Å²) < 4.78 is 10.2. The lowest BCUT2D eigenvalue weighted by Gasteiger charge is -2.10. The number of carbonyl (C=O) groups excluding carboxylic acids is 1. The Morgan fingerprint density at radius 1 is 1.00 bits per heavy atom. The fourth-order valence-corrected chi connectivity index (χ4v) is 1.63. The van der Waals surface area contributed by atoms with Crippen molar-refractivity contribution >= 4 is 18.4 Å². The molecule has 20 heavy (non-hydrogen) atoms. The zero-order chi connectivity index (χ0) is 13.7. The van der Waals surface area contributed by atoms with Crippen LogP contribution in [-0.4, -0.2) is 13.1 Å². The first-order valence-electron chi connectivity index (χ1n) is 5.87. The van der Waals surface area contributed by atoms with Crippen molar-refractivity contribution in [3.05, 3.63) is 60.2 Å². The molecule has 1 atom stereocenters. The van der Waals surface area contributed by atoms with E-state index in [9.17, 15) is 4.79 Å². The first-order chi connectivity index (χ1) is 9.20. The summed E-state index contributed by atoms with van der Waals surface area (Å²) in [5.41, 5.74) is 6.42. The lowest BCUT2D eigenvalue weighted by molar-refractivity contribution is -0.142. The van der Waals surface area contributed by atoms with E-state index >= 15 is 0 Å². The van der Waals surface area contributed by atoms with Gasteiger partial charge in [0.15, 0.2) is 0 Å². The quantitative estimate of drug-likeness (QED) is 0.880. The van der Waals surface area contributed by atoms with E-state index in [0.717, 1.165) is 5.75 Å². The van der Waals surface area contributed by atoms with Crippen LogP contribution in [0.4, 0.5) is 0 Å². The molecule has 0 amide bonds. The van der Waals surface area contributed by atoms with Crippen molar-refractivity contribution in [2.45, 2.75) is 6.04 Å². The molecule has 2 aromatic rings. The van der Waals surface area contributed by atoms with Gasteiger partial charge in [0, 0.05) is 0 Å². The highest BCUT2D eigenvalue weighted by Gasteiger charge is 2.15. The van der Waals surface area contributed by atoms with Crippen LogP contribution in [0, 0.1) is 0 Å². The van der Waals surface area contributed by atoms with Gasteiger partial charge >= 0.3 is 5.97 Å². The molecule has 0 unspecified atom stereocenters. The second-order valence-corrected chi connectivity index (χ2v) is 3.98. The van der Waals surface area contributed by atoms with Crippen LogP contribution in [0.2, 0.25) is 0 Å². The molecular formula is C15H16ClNO3. The third kappa shape index (κ3) is 3.98. The summed E-state index contributed by atoms with van der Waals surface area (Å²) >= 11 is 0. The average molecular weight is 294 g/mol. The molecule has 0 radical (unpaired) electrons. The Balaban J connectivity index is 0.00000200. The van der Waals surface area contributed by atoms with Crippen molar-refractivity contribution in [2.24, 2.45) is 5.73 Å². The summed E-state index contributed by atoms with van der Waals surface area (Å²) in [6.07, 6.45) is 0. The Hall–Kier alpha value is -2.04.